The molecule has 6 nitrogen and oxygen atoms in total. The number of amides is 1. The minimum absolute atomic E-state index is 0.00894. The lowest BCUT2D eigenvalue weighted by molar-refractivity contribution is -0.192. The number of piperidine rings is 1. The van der Waals surface area contributed by atoms with Crippen molar-refractivity contribution >= 4 is 57.5 Å². The minimum Gasteiger partial charge on any atom is -0.370 e. The van der Waals surface area contributed by atoms with Crippen LogP contribution >= 0.6 is 23.2 Å². The highest BCUT2D eigenvalue weighted by Crippen LogP contribution is 2.57. The summed E-state index contributed by atoms with van der Waals surface area (Å²) in [7, 11) is 1.82. The molecule has 2 aromatic carbocycles. The second-order valence-corrected chi connectivity index (χ2v) is 12.1. The van der Waals surface area contributed by atoms with Crippen LogP contribution in [0.4, 0.5) is 34.9 Å². The van der Waals surface area contributed by atoms with Crippen LogP contribution in [-0.4, -0.2) is 34.7 Å². The second-order valence-electron chi connectivity index (χ2n) is 11.2. The molecule has 210 valence electrons. The quantitative estimate of drug-likeness (QED) is 0.297. The number of anilines is 3. The predicted octanol–water partition coefficient (Wildman–Crippen LogP) is 7.35. The Bertz CT molecular complexity index is 1440. The first-order chi connectivity index (χ1) is 18.2. The molecule has 0 unspecified atom stereocenters. The van der Waals surface area contributed by atoms with Gasteiger partial charge in [-0.1, -0.05) is 37.0 Å². The van der Waals surface area contributed by atoms with Gasteiger partial charge in [0.2, 0.25) is 11.9 Å². The van der Waals surface area contributed by atoms with Crippen molar-refractivity contribution in [3.8, 4) is 0 Å². The largest absolute Gasteiger partial charge is 0.403 e. The fourth-order valence-electron chi connectivity index (χ4n) is 4.96. The number of nitrogens with zero attached hydrogens (tertiary/aromatic N) is 3. The molecule has 0 bridgehead atoms. The van der Waals surface area contributed by atoms with Crippen LogP contribution in [0.1, 0.15) is 45.1 Å². The maximum Gasteiger partial charge on any atom is 0.403 e. The van der Waals surface area contributed by atoms with Crippen LogP contribution in [0.15, 0.2) is 24.3 Å². The predicted molar refractivity (Wildman–Crippen MR) is 145 cm³/mol. The van der Waals surface area contributed by atoms with Crippen LogP contribution in [0, 0.1) is 16.6 Å². The second kappa shape index (κ2) is 9.73. The molecule has 0 radical (unpaired) electrons. The molecule has 1 aliphatic heterocycles. The van der Waals surface area contributed by atoms with Gasteiger partial charge in [0, 0.05) is 32.2 Å². The Morgan fingerprint density at radius 2 is 1.72 bits per heavy atom. The molecule has 2 fully saturated rings. The fourth-order valence-corrected chi connectivity index (χ4v) is 5.44. The first kappa shape index (κ1) is 27.8. The van der Waals surface area contributed by atoms with Crippen LogP contribution in [0.25, 0.3) is 11.0 Å². The van der Waals surface area contributed by atoms with Crippen LogP contribution in [0.5, 0.6) is 0 Å². The zero-order chi connectivity index (χ0) is 28.3. The molecule has 12 heteroatoms. The number of carbonyl (C=O) groups excluding carboxylic acids is 1. The summed E-state index contributed by atoms with van der Waals surface area (Å²) in [6.45, 7) is 5.91. The lowest BCUT2D eigenvalue weighted by atomic mass is 9.82. The van der Waals surface area contributed by atoms with E-state index in [1.54, 1.807) is 6.07 Å². The maximum atomic E-state index is 14.6. The van der Waals surface area contributed by atoms with E-state index < -0.39 is 29.9 Å². The Kier molecular flexibility index (Phi) is 6.94. The fraction of sp³-hybridized carbons (Fsp3) is 0.481. The Morgan fingerprint density at radius 1 is 1.05 bits per heavy atom. The van der Waals surface area contributed by atoms with Crippen molar-refractivity contribution in [1.82, 2.24) is 14.9 Å². The van der Waals surface area contributed by atoms with Crippen LogP contribution in [0.3, 0.4) is 0 Å². The zero-order valence-electron chi connectivity index (χ0n) is 21.8. The highest BCUT2D eigenvalue weighted by Gasteiger charge is 2.68. The molecule has 2 heterocycles. The van der Waals surface area contributed by atoms with Gasteiger partial charge in [-0.05, 0) is 55.4 Å². The van der Waals surface area contributed by atoms with Crippen LogP contribution in [-0.2, 0) is 18.4 Å². The van der Waals surface area contributed by atoms with E-state index in [1.807, 2.05) is 17.7 Å². The third-order valence-electron chi connectivity index (χ3n) is 7.96. The van der Waals surface area contributed by atoms with Gasteiger partial charge in [-0.15, -0.1) is 0 Å². The minimum atomic E-state index is -4.64. The molecular weight excluding hydrogens is 557 g/mol. The molecule has 1 aliphatic carbocycles. The van der Waals surface area contributed by atoms with Gasteiger partial charge in [0.25, 0.3) is 0 Å². The molecule has 0 spiro atoms. The van der Waals surface area contributed by atoms with Gasteiger partial charge < -0.3 is 20.1 Å². The lowest BCUT2D eigenvalue weighted by Crippen LogP contribution is -2.41. The zero-order valence-corrected chi connectivity index (χ0v) is 23.3. The van der Waals surface area contributed by atoms with E-state index in [0.717, 1.165) is 43.2 Å². The number of aromatic nitrogens is 2. The average molecular weight is 586 g/mol. The monoisotopic (exact) mass is 585 g/mol. The number of aryl methyl sites for hydroxylation is 1. The third kappa shape index (κ3) is 5.25. The van der Waals surface area contributed by atoms with E-state index >= 15 is 0 Å². The van der Waals surface area contributed by atoms with Gasteiger partial charge in [0.1, 0.15) is 11.2 Å². The summed E-state index contributed by atoms with van der Waals surface area (Å²) in [4.78, 5) is 19.1. The average Bonchev–Trinajstić information content (AvgIpc) is 3.62. The number of hydrogen-bond acceptors (Lipinski definition) is 4. The van der Waals surface area contributed by atoms with Gasteiger partial charge in [-0.25, -0.2) is 9.37 Å². The van der Waals surface area contributed by atoms with Crippen molar-refractivity contribution in [2.75, 3.05) is 23.3 Å². The van der Waals surface area contributed by atoms with Crippen molar-refractivity contribution in [2.45, 2.75) is 52.3 Å². The van der Waals surface area contributed by atoms with Crippen molar-refractivity contribution in [2.24, 2.45) is 17.9 Å². The number of carbonyl (C=O) groups is 1. The van der Waals surface area contributed by atoms with E-state index in [1.165, 1.54) is 6.07 Å². The van der Waals surface area contributed by atoms with E-state index in [0.29, 0.717) is 27.6 Å². The number of benzene rings is 2. The van der Waals surface area contributed by atoms with Gasteiger partial charge in [-0.3, -0.25) is 4.79 Å². The molecule has 1 amide bonds. The molecule has 0 atom stereocenters. The highest BCUT2D eigenvalue weighted by atomic mass is 35.5. The first-order valence-electron chi connectivity index (χ1n) is 12.7. The standard InChI is InChI=1S/C27H29Cl2F4N5O/c1-25(2)6-8-38(9-7-25)21-13-22-20(12-17(21)29)36-24(37(22)3)35-19-10-15(18(30)11-16(19)28)14-34-23(39)26(4-5-26)27(31,32)33/h10-13H,4-9,14H2,1-3H3,(H,34,39)(H,35,36). The molecule has 3 aromatic rings. The summed E-state index contributed by atoms with van der Waals surface area (Å²) in [6, 6.07) is 6.21. The Labute approximate surface area is 233 Å². The molecular formula is C27H29Cl2F4N5O. The highest BCUT2D eigenvalue weighted by molar-refractivity contribution is 6.34. The molecule has 1 saturated heterocycles. The summed E-state index contributed by atoms with van der Waals surface area (Å²) >= 11 is 12.9. The van der Waals surface area contributed by atoms with Crippen molar-refractivity contribution in [3.05, 3.63) is 45.7 Å². The molecule has 5 rings (SSSR count). The number of fused-ring (bicyclic) bond motifs is 1. The van der Waals surface area contributed by atoms with Crippen LogP contribution in [0.2, 0.25) is 10.0 Å². The van der Waals surface area contributed by atoms with Crippen molar-refractivity contribution in [1.29, 1.82) is 0 Å². The van der Waals surface area contributed by atoms with Gasteiger partial charge >= 0.3 is 6.18 Å². The normalized spacial score (nSPS) is 18.3. The molecule has 2 N–H and O–H groups in total. The number of hydrogen-bond donors (Lipinski definition) is 2. The van der Waals surface area contributed by atoms with E-state index in [2.05, 4.69) is 34.4 Å². The molecule has 1 saturated carbocycles. The first-order valence-corrected chi connectivity index (χ1v) is 13.5. The number of imidazole rings is 1. The molecule has 1 aromatic heterocycles. The van der Waals surface area contributed by atoms with Crippen LogP contribution < -0.4 is 15.5 Å². The number of halogens is 6. The van der Waals surface area contributed by atoms with E-state index in [-0.39, 0.29) is 23.4 Å². The van der Waals surface area contributed by atoms with Gasteiger partial charge in [0.05, 0.1) is 32.5 Å². The summed E-state index contributed by atoms with van der Waals surface area (Å²) in [5, 5.41) is 5.96. The number of rotatable bonds is 6. The topological polar surface area (TPSA) is 62.2 Å². The summed E-state index contributed by atoms with van der Waals surface area (Å²) in [5.41, 5.74) is 0.610. The Hall–Kier alpha value is -2.72. The Morgan fingerprint density at radius 3 is 2.33 bits per heavy atom. The maximum absolute atomic E-state index is 14.6. The summed E-state index contributed by atoms with van der Waals surface area (Å²) in [5.74, 6) is -1.48. The number of alkyl halides is 3. The van der Waals surface area contributed by atoms with E-state index in [4.69, 9.17) is 23.2 Å². The van der Waals surface area contributed by atoms with Crippen molar-refractivity contribution in [3.63, 3.8) is 0 Å². The van der Waals surface area contributed by atoms with Gasteiger partial charge in [-0.2, -0.15) is 13.2 Å². The smallest absolute Gasteiger partial charge is 0.370 e. The van der Waals surface area contributed by atoms with E-state index in [9.17, 15) is 22.4 Å². The van der Waals surface area contributed by atoms with Gasteiger partial charge in [0.15, 0.2) is 0 Å². The Balaban J connectivity index is 1.37. The summed E-state index contributed by atoms with van der Waals surface area (Å²) < 4.78 is 56.1. The molecule has 2 aliphatic rings. The lowest BCUT2D eigenvalue weighted by Gasteiger charge is -2.38. The van der Waals surface area contributed by atoms with Crippen molar-refractivity contribution < 1.29 is 22.4 Å². The number of nitrogens with one attached hydrogen (secondary N) is 2. The molecule has 39 heavy (non-hydrogen) atoms. The summed E-state index contributed by atoms with van der Waals surface area (Å²) in [6.07, 6.45) is -3.07. The third-order valence-corrected chi connectivity index (χ3v) is 8.57. The SMILES string of the molecule is Cn1c(Nc2cc(CNC(=O)C3(C(F)(F)F)CC3)c(F)cc2Cl)nc2cc(Cl)c(N3CCC(C)(C)CC3)cc21.